The van der Waals surface area contributed by atoms with Crippen LogP contribution in [0.1, 0.15) is 25.7 Å². The van der Waals surface area contributed by atoms with Gasteiger partial charge in [0, 0.05) is 43.3 Å². The van der Waals surface area contributed by atoms with Crippen LogP contribution < -0.4 is 10.6 Å². The zero-order valence-electron chi connectivity index (χ0n) is 12.4. The van der Waals surface area contributed by atoms with Gasteiger partial charge in [0.25, 0.3) is 0 Å². The number of fused-ring (bicyclic) bond motifs is 2. The molecule has 20 heavy (non-hydrogen) atoms. The molecule has 0 aromatic heterocycles. The Morgan fingerprint density at radius 1 is 1.45 bits per heavy atom. The van der Waals surface area contributed by atoms with Gasteiger partial charge < -0.3 is 15.4 Å². The van der Waals surface area contributed by atoms with Crippen molar-refractivity contribution in [2.45, 2.75) is 37.8 Å². The molecule has 1 heterocycles. The third-order valence-corrected chi connectivity index (χ3v) is 5.76. The van der Waals surface area contributed by atoms with Gasteiger partial charge in [0.05, 0.1) is 6.10 Å². The minimum absolute atomic E-state index is 0. The maximum Gasteiger partial charge on any atom is 0.191 e. The van der Waals surface area contributed by atoms with Crippen molar-refractivity contribution in [1.29, 1.82) is 0 Å². The Bertz CT molecular complexity index is 362. The van der Waals surface area contributed by atoms with E-state index in [1.54, 1.807) is 0 Å². The third-order valence-electron chi connectivity index (χ3n) is 5.15. The lowest BCUT2D eigenvalue weighted by molar-refractivity contribution is -0.171. The predicted molar refractivity (Wildman–Crippen MR) is 96.2 cm³/mol. The molecule has 3 rings (SSSR count). The van der Waals surface area contributed by atoms with Gasteiger partial charge in [0.15, 0.2) is 5.96 Å². The molecule has 116 valence electrons. The van der Waals surface area contributed by atoms with Crippen molar-refractivity contribution in [2.24, 2.45) is 16.3 Å². The SMILES string of the molecule is CN=C(NCCSC)NC1C2CCOC2C12CCC2.I. The van der Waals surface area contributed by atoms with E-state index in [1.807, 2.05) is 18.8 Å². The van der Waals surface area contributed by atoms with E-state index >= 15 is 0 Å². The highest BCUT2D eigenvalue weighted by atomic mass is 127. The average Bonchev–Trinajstić information content (AvgIpc) is 2.77. The zero-order chi connectivity index (χ0) is 13.3. The van der Waals surface area contributed by atoms with Crippen LogP contribution in [-0.2, 0) is 4.74 Å². The second-order valence-corrected chi connectivity index (χ2v) is 6.93. The van der Waals surface area contributed by atoms with E-state index in [4.69, 9.17) is 4.74 Å². The molecular formula is C14H26IN3OS. The minimum Gasteiger partial charge on any atom is -0.377 e. The highest BCUT2D eigenvalue weighted by Gasteiger charge is 2.66. The first-order valence-corrected chi connectivity index (χ1v) is 8.79. The Morgan fingerprint density at radius 2 is 2.25 bits per heavy atom. The molecule has 0 radical (unpaired) electrons. The van der Waals surface area contributed by atoms with Crippen molar-refractivity contribution >= 4 is 41.7 Å². The molecule has 3 fully saturated rings. The lowest BCUT2D eigenvalue weighted by atomic mass is 9.46. The molecule has 1 spiro atoms. The number of hydrogen-bond acceptors (Lipinski definition) is 3. The maximum atomic E-state index is 5.95. The summed E-state index contributed by atoms with van der Waals surface area (Å²) in [4.78, 5) is 4.36. The molecule has 2 aliphatic carbocycles. The van der Waals surface area contributed by atoms with Crippen molar-refractivity contribution < 1.29 is 4.74 Å². The summed E-state index contributed by atoms with van der Waals surface area (Å²) in [7, 11) is 1.86. The van der Waals surface area contributed by atoms with E-state index in [0.29, 0.717) is 23.5 Å². The Labute approximate surface area is 143 Å². The first-order chi connectivity index (χ1) is 9.31. The molecule has 0 amide bonds. The highest BCUT2D eigenvalue weighted by Crippen LogP contribution is 2.62. The van der Waals surface area contributed by atoms with Gasteiger partial charge in [-0.25, -0.2) is 0 Å². The summed E-state index contributed by atoms with van der Waals surface area (Å²) in [6, 6.07) is 0.578. The first-order valence-electron chi connectivity index (χ1n) is 7.39. The van der Waals surface area contributed by atoms with E-state index in [0.717, 1.165) is 24.9 Å². The van der Waals surface area contributed by atoms with E-state index in [1.165, 1.54) is 25.7 Å². The van der Waals surface area contributed by atoms with E-state index in [9.17, 15) is 0 Å². The van der Waals surface area contributed by atoms with Crippen molar-refractivity contribution in [2.75, 3.05) is 32.2 Å². The van der Waals surface area contributed by atoms with Crippen LogP contribution in [-0.4, -0.2) is 50.3 Å². The average molecular weight is 411 g/mol. The van der Waals surface area contributed by atoms with Crippen LogP contribution in [0.25, 0.3) is 0 Å². The largest absolute Gasteiger partial charge is 0.377 e. The number of hydrogen-bond donors (Lipinski definition) is 2. The van der Waals surface area contributed by atoms with Crippen LogP contribution in [0.4, 0.5) is 0 Å². The number of thioether (sulfide) groups is 1. The molecule has 3 aliphatic rings. The van der Waals surface area contributed by atoms with Gasteiger partial charge in [-0.1, -0.05) is 6.42 Å². The quantitative estimate of drug-likeness (QED) is 0.322. The second-order valence-electron chi connectivity index (χ2n) is 5.94. The summed E-state index contributed by atoms with van der Waals surface area (Å²) in [6.45, 7) is 1.93. The number of ether oxygens (including phenoxy) is 1. The predicted octanol–water partition coefficient (Wildman–Crippen LogP) is 2.09. The fourth-order valence-electron chi connectivity index (χ4n) is 4.07. The van der Waals surface area contributed by atoms with Crippen LogP contribution in [0.5, 0.6) is 0 Å². The fourth-order valence-corrected chi connectivity index (χ4v) is 4.38. The van der Waals surface area contributed by atoms with E-state index < -0.39 is 0 Å². The molecule has 6 heteroatoms. The van der Waals surface area contributed by atoms with Gasteiger partial charge in [0.2, 0.25) is 0 Å². The van der Waals surface area contributed by atoms with Crippen LogP contribution in [0, 0.1) is 11.3 Å². The molecular weight excluding hydrogens is 385 g/mol. The van der Waals surface area contributed by atoms with E-state index in [2.05, 4.69) is 21.9 Å². The molecule has 0 bridgehead atoms. The topological polar surface area (TPSA) is 45.7 Å². The standard InChI is InChI=1S/C14H25N3OS.HI/c1-15-13(16-7-9-19-2)17-11-10-4-8-18-12(10)14(11)5-3-6-14;/h10-12H,3-9H2,1-2H3,(H2,15,16,17);1H. The number of halogens is 1. The summed E-state index contributed by atoms with van der Waals surface area (Å²) in [6.07, 6.45) is 7.90. The molecule has 0 aromatic carbocycles. The molecule has 1 aliphatic heterocycles. The molecule has 2 N–H and O–H groups in total. The monoisotopic (exact) mass is 411 g/mol. The Kier molecular flexibility index (Phi) is 5.88. The lowest BCUT2D eigenvalue weighted by Gasteiger charge is -2.63. The first kappa shape index (κ1) is 16.7. The molecule has 3 unspecified atom stereocenters. The summed E-state index contributed by atoms with van der Waals surface area (Å²) >= 11 is 1.86. The summed E-state index contributed by atoms with van der Waals surface area (Å²) in [5.41, 5.74) is 0.429. The van der Waals surface area contributed by atoms with E-state index in [-0.39, 0.29) is 24.0 Å². The molecule has 0 aromatic rings. The van der Waals surface area contributed by atoms with Gasteiger partial charge in [-0.05, 0) is 25.5 Å². The fraction of sp³-hybridized carbons (Fsp3) is 0.929. The smallest absolute Gasteiger partial charge is 0.191 e. The molecule has 1 saturated heterocycles. The number of nitrogens with one attached hydrogen (secondary N) is 2. The molecule has 2 saturated carbocycles. The van der Waals surface area contributed by atoms with Crippen molar-refractivity contribution in [3.8, 4) is 0 Å². The maximum absolute atomic E-state index is 5.95. The number of nitrogens with zero attached hydrogens (tertiary/aromatic N) is 1. The highest BCUT2D eigenvalue weighted by molar-refractivity contribution is 14.0. The summed E-state index contributed by atoms with van der Waals surface area (Å²) in [5.74, 6) is 2.79. The van der Waals surface area contributed by atoms with Crippen LogP contribution in [0.2, 0.25) is 0 Å². The Balaban J connectivity index is 0.00000147. The van der Waals surface area contributed by atoms with Gasteiger partial charge in [-0.2, -0.15) is 11.8 Å². The number of guanidine groups is 1. The summed E-state index contributed by atoms with van der Waals surface area (Å²) < 4.78 is 5.95. The normalized spacial score (nSPS) is 33.7. The third kappa shape index (κ3) is 2.67. The van der Waals surface area contributed by atoms with Gasteiger partial charge in [0.1, 0.15) is 0 Å². The van der Waals surface area contributed by atoms with Gasteiger partial charge >= 0.3 is 0 Å². The van der Waals surface area contributed by atoms with Crippen LogP contribution >= 0.6 is 35.7 Å². The van der Waals surface area contributed by atoms with Crippen molar-refractivity contribution in [1.82, 2.24) is 10.6 Å². The number of rotatable bonds is 4. The molecule has 3 atom stereocenters. The Hall–Kier alpha value is 0.310. The lowest BCUT2D eigenvalue weighted by Crippen LogP contribution is -2.72. The Morgan fingerprint density at radius 3 is 2.85 bits per heavy atom. The summed E-state index contributed by atoms with van der Waals surface area (Å²) in [5, 5.41) is 7.09. The number of aliphatic imine (C=N–C) groups is 1. The van der Waals surface area contributed by atoms with Gasteiger partial charge in [-0.3, -0.25) is 4.99 Å². The second kappa shape index (κ2) is 7.05. The minimum atomic E-state index is 0. The van der Waals surface area contributed by atoms with Crippen LogP contribution in [0.15, 0.2) is 4.99 Å². The van der Waals surface area contributed by atoms with Gasteiger partial charge in [-0.15, -0.1) is 24.0 Å². The molecule has 4 nitrogen and oxygen atoms in total. The van der Waals surface area contributed by atoms with Crippen molar-refractivity contribution in [3.05, 3.63) is 0 Å². The van der Waals surface area contributed by atoms with Crippen LogP contribution in [0.3, 0.4) is 0 Å². The zero-order valence-corrected chi connectivity index (χ0v) is 15.5. The van der Waals surface area contributed by atoms with Crippen molar-refractivity contribution in [3.63, 3.8) is 0 Å².